The van der Waals surface area contributed by atoms with Crippen LogP contribution < -0.4 is 15.4 Å². The number of urea groups is 1. The van der Waals surface area contributed by atoms with E-state index in [1.54, 1.807) is 12.1 Å². The highest BCUT2D eigenvalue weighted by molar-refractivity contribution is 5.95. The summed E-state index contributed by atoms with van der Waals surface area (Å²) in [7, 11) is 1.33. The zero-order valence-corrected chi connectivity index (χ0v) is 15.5. The van der Waals surface area contributed by atoms with Crippen molar-refractivity contribution in [3.63, 3.8) is 0 Å². The van der Waals surface area contributed by atoms with Crippen molar-refractivity contribution in [2.24, 2.45) is 5.92 Å². The van der Waals surface area contributed by atoms with Crippen molar-refractivity contribution in [1.82, 2.24) is 10.6 Å². The van der Waals surface area contributed by atoms with Crippen LogP contribution in [0.1, 0.15) is 25.5 Å². The molecule has 2 aromatic carbocycles. The van der Waals surface area contributed by atoms with Gasteiger partial charge in [0.05, 0.1) is 18.7 Å². The predicted molar refractivity (Wildman–Crippen MR) is 101 cm³/mol. The van der Waals surface area contributed by atoms with Crippen LogP contribution in [0.5, 0.6) is 11.5 Å². The number of para-hydroxylation sites is 1. The molecule has 1 aliphatic heterocycles. The van der Waals surface area contributed by atoms with Crippen molar-refractivity contribution >= 4 is 12.0 Å². The van der Waals surface area contributed by atoms with Gasteiger partial charge >= 0.3 is 12.0 Å². The molecule has 27 heavy (non-hydrogen) atoms. The molecule has 6 nitrogen and oxygen atoms in total. The van der Waals surface area contributed by atoms with Gasteiger partial charge in [0.25, 0.3) is 0 Å². The second kappa shape index (κ2) is 7.95. The summed E-state index contributed by atoms with van der Waals surface area (Å²) in [6.07, 6.45) is 0. The summed E-state index contributed by atoms with van der Waals surface area (Å²) in [5, 5.41) is 5.53. The molecule has 0 spiro atoms. The van der Waals surface area contributed by atoms with Gasteiger partial charge in [-0.1, -0.05) is 44.2 Å². The van der Waals surface area contributed by atoms with E-state index in [9.17, 15) is 9.59 Å². The molecule has 6 heteroatoms. The molecule has 0 aromatic heterocycles. The lowest BCUT2D eigenvalue weighted by Gasteiger charge is -2.30. The second-order valence-corrected chi connectivity index (χ2v) is 6.49. The van der Waals surface area contributed by atoms with Gasteiger partial charge in [-0.3, -0.25) is 0 Å². The van der Waals surface area contributed by atoms with E-state index < -0.39 is 12.0 Å². The van der Waals surface area contributed by atoms with Crippen molar-refractivity contribution in [3.05, 3.63) is 71.4 Å². The second-order valence-electron chi connectivity index (χ2n) is 6.49. The molecule has 1 atom stereocenters. The van der Waals surface area contributed by atoms with Crippen LogP contribution >= 0.6 is 0 Å². The molecule has 3 rings (SSSR count). The van der Waals surface area contributed by atoms with Crippen LogP contribution in [0.3, 0.4) is 0 Å². The predicted octanol–water partition coefficient (Wildman–Crippen LogP) is 3.92. The topological polar surface area (TPSA) is 76.7 Å². The summed E-state index contributed by atoms with van der Waals surface area (Å²) < 4.78 is 10.7. The number of allylic oxidation sites excluding steroid dienone is 1. The highest BCUT2D eigenvalue weighted by Crippen LogP contribution is 2.32. The molecule has 140 valence electrons. The SMILES string of the molecule is COC(=O)C1=C(C(C)C)NC(=O)NC1c1ccc(Oc2ccccc2)cc1. The molecule has 1 unspecified atom stereocenters. The number of benzene rings is 2. The van der Waals surface area contributed by atoms with E-state index in [-0.39, 0.29) is 11.9 Å². The zero-order valence-electron chi connectivity index (χ0n) is 15.5. The van der Waals surface area contributed by atoms with Gasteiger partial charge in [-0.25, -0.2) is 9.59 Å². The number of hydrogen-bond acceptors (Lipinski definition) is 4. The fourth-order valence-corrected chi connectivity index (χ4v) is 2.98. The third kappa shape index (κ3) is 4.11. The Balaban J connectivity index is 1.92. The van der Waals surface area contributed by atoms with Crippen molar-refractivity contribution in [1.29, 1.82) is 0 Å². The normalized spacial score (nSPS) is 16.6. The van der Waals surface area contributed by atoms with E-state index >= 15 is 0 Å². The molecule has 0 bridgehead atoms. The summed E-state index contributed by atoms with van der Waals surface area (Å²) in [5.41, 5.74) is 1.74. The summed E-state index contributed by atoms with van der Waals surface area (Å²) in [4.78, 5) is 24.5. The molecular weight excluding hydrogens is 344 g/mol. The van der Waals surface area contributed by atoms with Crippen molar-refractivity contribution in [2.45, 2.75) is 19.9 Å². The molecule has 2 aromatic rings. The standard InChI is InChI=1S/C21H22N2O4/c1-13(2)18-17(20(24)26-3)19(23-21(25)22-18)14-9-11-16(12-10-14)27-15-7-5-4-6-8-15/h4-13,19H,1-3H3,(H2,22,23,25). The third-order valence-corrected chi connectivity index (χ3v) is 4.28. The molecule has 2 amide bonds. The van der Waals surface area contributed by atoms with Crippen LogP contribution in [-0.2, 0) is 9.53 Å². The first-order valence-electron chi connectivity index (χ1n) is 8.72. The van der Waals surface area contributed by atoms with Crippen LogP contribution in [0.4, 0.5) is 4.79 Å². The van der Waals surface area contributed by atoms with E-state index in [0.29, 0.717) is 17.0 Å². The van der Waals surface area contributed by atoms with E-state index in [1.807, 2.05) is 56.3 Å². The lowest BCUT2D eigenvalue weighted by atomic mass is 9.91. The highest BCUT2D eigenvalue weighted by Gasteiger charge is 2.34. The van der Waals surface area contributed by atoms with Gasteiger partial charge in [-0.15, -0.1) is 0 Å². The lowest BCUT2D eigenvalue weighted by Crippen LogP contribution is -2.47. The van der Waals surface area contributed by atoms with E-state index in [2.05, 4.69) is 10.6 Å². The Hall–Kier alpha value is -3.28. The summed E-state index contributed by atoms with van der Waals surface area (Å²) in [6.45, 7) is 3.83. The minimum atomic E-state index is -0.589. The number of rotatable bonds is 5. The molecule has 2 N–H and O–H groups in total. The Morgan fingerprint density at radius 2 is 1.63 bits per heavy atom. The Labute approximate surface area is 158 Å². The summed E-state index contributed by atoms with van der Waals surface area (Å²) >= 11 is 0. The lowest BCUT2D eigenvalue weighted by molar-refractivity contribution is -0.136. The van der Waals surface area contributed by atoms with Gasteiger partial charge in [0.2, 0.25) is 0 Å². The summed E-state index contributed by atoms with van der Waals surface area (Å²) in [5.74, 6) is 0.893. The van der Waals surface area contributed by atoms with E-state index in [0.717, 1.165) is 11.3 Å². The number of esters is 1. The van der Waals surface area contributed by atoms with Crippen molar-refractivity contribution < 1.29 is 19.1 Å². The minimum absolute atomic E-state index is 0.0339. The number of hydrogen-bond donors (Lipinski definition) is 2. The summed E-state index contributed by atoms with van der Waals surface area (Å²) in [6, 6.07) is 15.8. The largest absolute Gasteiger partial charge is 0.466 e. The Morgan fingerprint density at radius 1 is 1.00 bits per heavy atom. The number of amides is 2. The molecule has 1 aliphatic rings. The smallest absolute Gasteiger partial charge is 0.337 e. The minimum Gasteiger partial charge on any atom is -0.466 e. The molecule has 0 saturated carbocycles. The van der Waals surface area contributed by atoms with Gasteiger partial charge in [-0.2, -0.15) is 0 Å². The Morgan fingerprint density at radius 3 is 2.22 bits per heavy atom. The number of nitrogens with one attached hydrogen (secondary N) is 2. The van der Waals surface area contributed by atoms with Gasteiger partial charge in [0, 0.05) is 5.70 Å². The number of carbonyl (C=O) groups excluding carboxylic acids is 2. The van der Waals surface area contributed by atoms with E-state index in [1.165, 1.54) is 7.11 Å². The van der Waals surface area contributed by atoms with Crippen LogP contribution in [0.2, 0.25) is 0 Å². The van der Waals surface area contributed by atoms with Crippen LogP contribution in [0, 0.1) is 5.92 Å². The number of methoxy groups -OCH3 is 1. The monoisotopic (exact) mass is 366 g/mol. The maximum atomic E-state index is 12.4. The first kappa shape index (κ1) is 18.5. The molecule has 0 aliphatic carbocycles. The van der Waals surface area contributed by atoms with Gasteiger partial charge in [-0.05, 0) is 35.7 Å². The van der Waals surface area contributed by atoms with Crippen LogP contribution in [0.25, 0.3) is 0 Å². The quantitative estimate of drug-likeness (QED) is 0.787. The Bertz CT molecular complexity index is 858. The van der Waals surface area contributed by atoms with Crippen molar-refractivity contribution in [3.8, 4) is 11.5 Å². The molecular formula is C21H22N2O4. The zero-order chi connectivity index (χ0) is 19.4. The number of ether oxygens (including phenoxy) is 2. The molecule has 0 saturated heterocycles. The fraction of sp³-hybridized carbons (Fsp3) is 0.238. The van der Waals surface area contributed by atoms with Gasteiger partial charge in [0.1, 0.15) is 11.5 Å². The first-order chi connectivity index (χ1) is 13.0. The molecule has 0 radical (unpaired) electrons. The average Bonchev–Trinajstić information content (AvgIpc) is 2.68. The first-order valence-corrected chi connectivity index (χ1v) is 8.72. The molecule has 0 fully saturated rings. The van der Waals surface area contributed by atoms with Crippen LogP contribution in [-0.4, -0.2) is 19.1 Å². The fourth-order valence-electron chi connectivity index (χ4n) is 2.98. The van der Waals surface area contributed by atoms with Crippen LogP contribution in [0.15, 0.2) is 65.9 Å². The van der Waals surface area contributed by atoms with E-state index in [4.69, 9.17) is 9.47 Å². The van der Waals surface area contributed by atoms with Gasteiger partial charge < -0.3 is 20.1 Å². The highest BCUT2D eigenvalue weighted by atomic mass is 16.5. The van der Waals surface area contributed by atoms with Gasteiger partial charge in [0.15, 0.2) is 0 Å². The average molecular weight is 366 g/mol. The third-order valence-electron chi connectivity index (χ3n) is 4.28. The maximum Gasteiger partial charge on any atom is 0.337 e. The molecule has 1 heterocycles. The number of carbonyl (C=O) groups is 2. The Kier molecular flexibility index (Phi) is 5.45. The van der Waals surface area contributed by atoms with Crippen molar-refractivity contribution in [2.75, 3.05) is 7.11 Å². The maximum absolute atomic E-state index is 12.4.